The van der Waals surface area contributed by atoms with Crippen molar-refractivity contribution in [1.29, 1.82) is 0 Å². The van der Waals surface area contributed by atoms with Crippen molar-refractivity contribution in [1.82, 2.24) is 9.97 Å². The van der Waals surface area contributed by atoms with E-state index in [1.54, 1.807) is 42.5 Å². The minimum absolute atomic E-state index is 0.0558. The highest BCUT2D eigenvalue weighted by Crippen LogP contribution is 2.35. The second kappa shape index (κ2) is 8.70. The number of aromatic nitrogens is 2. The van der Waals surface area contributed by atoms with Crippen LogP contribution in [0, 0.1) is 0 Å². The average molecular weight is 427 g/mol. The van der Waals surface area contributed by atoms with Crippen molar-refractivity contribution in [2.24, 2.45) is 0 Å². The van der Waals surface area contributed by atoms with Crippen LogP contribution in [0.5, 0.6) is 17.4 Å². The highest BCUT2D eigenvalue weighted by molar-refractivity contribution is 7.98. The first kappa shape index (κ1) is 20.3. The molecule has 2 aromatic carbocycles. The molecule has 9 heteroatoms. The number of benzene rings is 2. The zero-order valence-corrected chi connectivity index (χ0v) is 16.1. The lowest BCUT2D eigenvalue weighted by molar-refractivity contribution is -0.141. The molecule has 0 aliphatic rings. The molecule has 0 spiro atoms. The Morgan fingerprint density at radius 1 is 1.00 bits per heavy atom. The van der Waals surface area contributed by atoms with Crippen LogP contribution in [0.4, 0.5) is 13.2 Å². The maximum Gasteiger partial charge on any atom is 0.433 e. The molecule has 4 nitrogen and oxygen atoms in total. The Morgan fingerprint density at radius 3 is 2.43 bits per heavy atom. The molecular formula is C19H14ClF3N2O2S. The summed E-state index contributed by atoms with van der Waals surface area (Å²) in [6.07, 6.45) is -4.63. The number of nitrogens with zero attached hydrogens (tertiary/aromatic N) is 2. The van der Waals surface area contributed by atoms with E-state index in [1.807, 2.05) is 6.07 Å². The summed E-state index contributed by atoms with van der Waals surface area (Å²) in [5.41, 5.74) is -0.244. The first-order valence-electron chi connectivity index (χ1n) is 7.99. The Kier molecular flexibility index (Phi) is 6.31. The van der Waals surface area contributed by atoms with E-state index in [0.717, 1.165) is 23.4 Å². The summed E-state index contributed by atoms with van der Waals surface area (Å²) in [4.78, 5) is 7.71. The molecule has 0 aliphatic carbocycles. The van der Waals surface area contributed by atoms with Gasteiger partial charge in [-0.05, 0) is 29.8 Å². The Labute approximate surface area is 168 Å². The van der Waals surface area contributed by atoms with Crippen LogP contribution in [0.25, 0.3) is 0 Å². The maximum absolute atomic E-state index is 13.3. The average Bonchev–Trinajstić information content (AvgIpc) is 2.66. The number of thioether (sulfide) groups is 1. The van der Waals surface area contributed by atoms with Gasteiger partial charge < -0.3 is 9.47 Å². The molecule has 0 aliphatic heterocycles. The first-order valence-corrected chi connectivity index (χ1v) is 9.36. The van der Waals surface area contributed by atoms with Gasteiger partial charge in [0.05, 0.1) is 7.11 Å². The summed E-state index contributed by atoms with van der Waals surface area (Å²) < 4.78 is 50.4. The Balaban J connectivity index is 1.88. The van der Waals surface area contributed by atoms with Crippen molar-refractivity contribution in [3.63, 3.8) is 0 Å². The molecule has 28 heavy (non-hydrogen) atoms. The van der Waals surface area contributed by atoms with Crippen LogP contribution in [-0.2, 0) is 11.9 Å². The summed E-state index contributed by atoms with van der Waals surface area (Å²) in [5, 5.41) is 0.489. The Hall–Kier alpha value is -2.45. The predicted octanol–water partition coefficient (Wildman–Crippen LogP) is 6.24. The molecule has 0 amide bonds. The molecule has 3 rings (SSSR count). The fraction of sp³-hybridized carbons (Fsp3) is 0.158. The van der Waals surface area contributed by atoms with Crippen LogP contribution in [0.15, 0.2) is 59.8 Å². The molecule has 0 saturated heterocycles. The zero-order valence-electron chi connectivity index (χ0n) is 14.5. The van der Waals surface area contributed by atoms with E-state index in [0.29, 0.717) is 16.5 Å². The van der Waals surface area contributed by atoms with Crippen LogP contribution < -0.4 is 9.47 Å². The van der Waals surface area contributed by atoms with Crippen molar-refractivity contribution >= 4 is 23.4 Å². The highest BCUT2D eigenvalue weighted by Gasteiger charge is 2.34. The predicted molar refractivity (Wildman–Crippen MR) is 101 cm³/mol. The van der Waals surface area contributed by atoms with E-state index in [1.165, 1.54) is 7.11 Å². The van der Waals surface area contributed by atoms with E-state index in [-0.39, 0.29) is 16.8 Å². The van der Waals surface area contributed by atoms with Crippen molar-refractivity contribution in [3.05, 3.63) is 70.9 Å². The molecule has 0 unspecified atom stereocenters. The van der Waals surface area contributed by atoms with Crippen molar-refractivity contribution in [2.75, 3.05) is 7.11 Å². The number of ether oxygens (including phenoxy) is 2. The second-order valence-electron chi connectivity index (χ2n) is 5.54. The number of methoxy groups -OCH3 is 1. The monoisotopic (exact) mass is 426 g/mol. The highest BCUT2D eigenvalue weighted by atomic mass is 35.5. The van der Waals surface area contributed by atoms with Gasteiger partial charge in [-0.3, -0.25) is 0 Å². The molecule has 3 aromatic rings. The second-order valence-corrected chi connectivity index (χ2v) is 6.92. The third-order valence-electron chi connectivity index (χ3n) is 3.51. The summed E-state index contributed by atoms with van der Waals surface area (Å²) >= 11 is 6.99. The molecule has 0 bridgehead atoms. The zero-order chi connectivity index (χ0) is 20.1. The summed E-state index contributed by atoms with van der Waals surface area (Å²) in [7, 11) is 1.44. The van der Waals surface area contributed by atoms with Gasteiger partial charge in [0.1, 0.15) is 0 Å². The molecule has 146 valence electrons. The fourth-order valence-electron chi connectivity index (χ4n) is 2.26. The molecule has 1 heterocycles. The van der Waals surface area contributed by atoms with Gasteiger partial charge in [-0.2, -0.15) is 18.2 Å². The van der Waals surface area contributed by atoms with E-state index in [9.17, 15) is 13.2 Å². The summed E-state index contributed by atoms with van der Waals surface area (Å²) in [5.74, 6) is 0.765. The maximum atomic E-state index is 13.3. The lowest BCUT2D eigenvalue weighted by Crippen LogP contribution is -2.10. The van der Waals surface area contributed by atoms with Crippen LogP contribution in [0.3, 0.4) is 0 Å². The van der Waals surface area contributed by atoms with Gasteiger partial charge in [-0.15, -0.1) is 0 Å². The van der Waals surface area contributed by atoms with Gasteiger partial charge in [0.15, 0.2) is 22.3 Å². The third-order valence-corrected chi connectivity index (χ3v) is 4.67. The molecular weight excluding hydrogens is 413 g/mol. The number of rotatable bonds is 6. The number of alkyl halides is 3. The van der Waals surface area contributed by atoms with Crippen molar-refractivity contribution in [2.45, 2.75) is 17.1 Å². The van der Waals surface area contributed by atoms with Crippen LogP contribution in [0.2, 0.25) is 5.02 Å². The molecule has 1 aromatic heterocycles. The topological polar surface area (TPSA) is 44.2 Å². The number of hydrogen-bond donors (Lipinski definition) is 0. The molecule has 0 atom stereocenters. The van der Waals surface area contributed by atoms with E-state index in [4.69, 9.17) is 21.1 Å². The van der Waals surface area contributed by atoms with Crippen molar-refractivity contribution in [3.8, 4) is 17.4 Å². The van der Waals surface area contributed by atoms with Crippen molar-refractivity contribution < 1.29 is 22.6 Å². The van der Waals surface area contributed by atoms with E-state index >= 15 is 0 Å². The first-order chi connectivity index (χ1) is 13.3. The molecule has 0 N–H and O–H groups in total. The van der Waals surface area contributed by atoms with Gasteiger partial charge in [-0.1, -0.05) is 47.6 Å². The fourth-order valence-corrected chi connectivity index (χ4v) is 3.26. The normalized spacial score (nSPS) is 11.3. The lowest BCUT2D eigenvalue weighted by Gasteiger charge is -2.12. The summed E-state index contributed by atoms with van der Waals surface area (Å²) in [6, 6.07) is 14.4. The molecule has 0 fully saturated rings. The van der Waals surface area contributed by atoms with Gasteiger partial charge in [0.25, 0.3) is 0 Å². The van der Waals surface area contributed by atoms with Gasteiger partial charge in [-0.25, -0.2) is 4.98 Å². The van der Waals surface area contributed by atoms with E-state index in [2.05, 4.69) is 9.97 Å². The number of hydrogen-bond acceptors (Lipinski definition) is 5. The molecule has 0 saturated carbocycles. The largest absolute Gasteiger partial charge is 0.493 e. The quantitative estimate of drug-likeness (QED) is 0.344. The number of halogens is 4. The smallest absolute Gasteiger partial charge is 0.433 e. The van der Waals surface area contributed by atoms with Crippen LogP contribution in [0.1, 0.15) is 11.3 Å². The Bertz CT molecular complexity index is 970. The molecule has 0 radical (unpaired) electrons. The Morgan fingerprint density at radius 2 is 1.75 bits per heavy atom. The SMILES string of the molecule is COc1ccccc1Oc1cc(C(F)(F)F)nc(SCc2cccc(Cl)c2)n1. The lowest BCUT2D eigenvalue weighted by atomic mass is 10.2. The standard InChI is InChI=1S/C19H14ClF3N2O2S/c1-26-14-7-2-3-8-15(14)27-17-10-16(19(21,22)23)24-18(25-17)28-11-12-5-4-6-13(20)9-12/h2-10H,11H2,1H3. The number of para-hydroxylation sites is 2. The van der Waals surface area contributed by atoms with Crippen LogP contribution >= 0.6 is 23.4 Å². The minimum Gasteiger partial charge on any atom is -0.493 e. The van der Waals surface area contributed by atoms with Gasteiger partial charge >= 0.3 is 6.18 Å². The summed E-state index contributed by atoms with van der Waals surface area (Å²) in [6.45, 7) is 0. The minimum atomic E-state index is -4.63. The van der Waals surface area contributed by atoms with Gasteiger partial charge in [0, 0.05) is 16.8 Å². The third kappa shape index (κ3) is 5.30. The van der Waals surface area contributed by atoms with E-state index < -0.39 is 11.9 Å². The van der Waals surface area contributed by atoms with Gasteiger partial charge in [0.2, 0.25) is 5.88 Å². The van der Waals surface area contributed by atoms with Crippen LogP contribution in [-0.4, -0.2) is 17.1 Å².